The van der Waals surface area contributed by atoms with E-state index < -0.39 is 17.4 Å². The second kappa shape index (κ2) is 7.27. The van der Waals surface area contributed by atoms with Gasteiger partial charge >= 0.3 is 5.69 Å². The average Bonchev–Trinajstić information content (AvgIpc) is 3.06. The van der Waals surface area contributed by atoms with E-state index in [0.29, 0.717) is 11.4 Å². The molecule has 0 spiro atoms. The number of aromatic nitrogens is 4. The normalized spacial score (nSPS) is 13.1. The molecule has 3 aromatic rings. The molecule has 0 saturated heterocycles. The molecule has 0 aliphatic carbocycles. The first kappa shape index (κ1) is 19.9. The van der Waals surface area contributed by atoms with E-state index in [1.807, 2.05) is 24.3 Å². The number of benzene rings is 1. The first-order chi connectivity index (χ1) is 13.1. The monoisotopic (exact) mass is 386 g/mol. The molecule has 1 N–H and O–H groups in total. The van der Waals surface area contributed by atoms with Crippen LogP contribution in [0.4, 0.5) is 0 Å². The third-order valence-electron chi connectivity index (χ3n) is 4.78. The summed E-state index contributed by atoms with van der Waals surface area (Å²) in [7, 11) is 2.98. The van der Waals surface area contributed by atoms with E-state index in [2.05, 4.69) is 25.8 Å². The van der Waals surface area contributed by atoms with Gasteiger partial charge in [-0.1, -0.05) is 32.9 Å². The molecule has 0 saturated carbocycles. The van der Waals surface area contributed by atoms with Gasteiger partial charge < -0.3 is 14.4 Å². The minimum absolute atomic E-state index is 0.0630. The van der Waals surface area contributed by atoms with Crippen LogP contribution < -0.4 is 16.0 Å². The van der Waals surface area contributed by atoms with Crippen molar-refractivity contribution >= 4 is 11.2 Å². The molecule has 1 aromatic carbocycles. The summed E-state index contributed by atoms with van der Waals surface area (Å²) in [6, 6.07) is 7.79. The van der Waals surface area contributed by atoms with Gasteiger partial charge in [-0.3, -0.25) is 13.9 Å². The van der Waals surface area contributed by atoms with Crippen molar-refractivity contribution in [3.63, 3.8) is 0 Å². The molecule has 150 valence electrons. The maximum absolute atomic E-state index is 12.2. The summed E-state index contributed by atoms with van der Waals surface area (Å²) in [4.78, 5) is 28.4. The van der Waals surface area contributed by atoms with E-state index in [9.17, 15) is 14.7 Å². The highest BCUT2D eigenvalue weighted by atomic mass is 16.5. The van der Waals surface area contributed by atoms with Crippen molar-refractivity contribution in [2.45, 2.75) is 38.8 Å². The Morgan fingerprint density at radius 2 is 1.75 bits per heavy atom. The molecule has 0 radical (unpaired) electrons. The number of nitrogens with zero attached hydrogens (tertiary/aromatic N) is 4. The number of fused-ring (bicyclic) bond motifs is 1. The number of aryl methyl sites for hydroxylation is 1. The molecule has 0 amide bonds. The lowest BCUT2D eigenvalue weighted by Gasteiger charge is -2.19. The van der Waals surface area contributed by atoms with Gasteiger partial charge in [0.2, 0.25) is 0 Å². The summed E-state index contributed by atoms with van der Waals surface area (Å²) in [6.45, 7) is 6.65. The van der Waals surface area contributed by atoms with Gasteiger partial charge in [0.25, 0.3) is 5.56 Å². The fourth-order valence-electron chi connectivity index (χ4n) is 3.10. The van der Waals surface area contributed by atoms with Gasteiger partial charge in [0.15, 0.2) is 5.52 Å². The Morgan fingerprint density at radius 3 is 2.36 bits per heavy atom. The number of hydrogen-bond acceptors (Lipinski definition) is 5. The van der Waals surface area contributed by atoms with Crippen LogP contribution in [-0.2, 0) is 26.1 Å². The molecule has 2 heterocycles. The molecule has 3 rings (SSSR count). The van der Waals surface area contributed by atoms with Gasteiger partial charge in [0.05, 0.1) is 12.9 Å². The van der Waals surface area contributed by atoms with Crippen LogP contribution in [0.1, 0.15) is 26.3 Å². The number of aliphatic hydroxyl groups is 1. The third-order valence-corrected chi connectivity index (χ3v) is 4.78. The van der Waals surface area contributed by atoms with E-state index >= 15 is 0 Å². The largest absolute Gasteiger partial charge is 0.491 e. The second-order valence-electron chi connectivity index (χ2n) is 8.01. The molecule has 0 aliphatic heterocycles. The van der Waals surface area contributed by atoms with Crippen LogP contribution in [0.3, 0.4) is 0 Å². The van der Waals surface area contributed by atoms with Crippen LogP contribution in [0.25, 0.3) is 11.2 Å². The van der Waals surface area contributed by atoms with Gasteiger partial charge in [-0.2, -0.15) is 0 Å². The van der Waals surface area contributed by atoms with Crippen LogP contribution in [0, 0.1) is 0 Å². The zero-order chi connectivity index (χ0) is 20.6. The third kappa shape index (κ3) is 3.73. The van der Waals surface area contributed by atoms with Gasteiger partial charge in [0, 0.05) is 14.1 Å². The van der Waals surface area contributed by atoms with Crippen LogP contribution in [0.2, 0.25) is 0 Å². The highest BCUT2D eigenvalue weighted by Crippen LogP contribution is 2.24. The van der Waals surface area contributed by atoms with Crippen molar-refractivity contribution < 1.29 is 9.84 Å². The molecular formula is C20H26N4O4. The molecule has 28 heavy (non-hydrogen) atoms. The van der Waals surface area contributed by atoms with Crippen molar-refractivity contribution in [3.8, 4) is 5.75 Å². The Hall–Kier alpha value is -2.87. The average molecular weight is 386 g/mol. The summed E-state index contributed by atoms with van der Waals surface area (Å²) in [5.41, 5.74) is 0.934. The first-order valence-corrected chi connectivity index (χ1v) is 9.12. The Morgan fingerprint density at radius 1 is 1.11 bits per heavy atom. The Kier molecular flexibility index (Phi) is 5.16. The summed E-state index contributed by atoms with van der Waals surface area (Å²) in [6.07, 6.45) is 0.617. The molecule has 1 unspecified atom stereocenters. The fraction of sp³-hybridized carbons (Fsp3) is 0.450. The predicted molar refractivity (Wildman–Crippen MR) is 107 cm³/mol. The maximum atomic E-state index is 12.2. The van der Waals surface area contributed by atoms with Crippen molar-refractivity contribution in [3.05, 3.63) is 57.0 Å². The van der Waals surface area contributed by atoms with E-state index in [1.54, 1.807) is 11.6 Å². The standard InChI is InChI=1S/C20H26N4O4/c1-20(2,3)13-6-8-15(9-7-13)28-11-14(25)10-24-12-21-16-17(24)22(4)19(27)23(5)18(16)26/h6-9,12,14,25H,10-11H2,1-5H3. The molecule has 0 bridgehead atoms. The van der Waals surface area contributed by atoms with E-state index in [0.717, 1.165) is 4.57 Å². The van der Waals surface area contributed by atoms with Crippen molar-refractivity contribution in [1.29, 1.82) is 0 Å². The van der Waals surface area contributed by atoms with Crippen molar-refractivity contribution in [1.82, 2.24) is 18.7 Å². The molecule has 0 fully saturated rings. The lowest BCUT2D eigenvalue weighted by atomic mass is 9.87. The van der Waals surface area contributed by atoms with Gasteiger partial charge in [0.1, 0.15) is 24.1 Å². The second-order valence-corrected chi connectivity index (χ2v) is 8.01. The van der Waals surface area contributed by atoms with Gasteiger partial charge in [-0.25, -0.2) is 9.78 Å². The number of rotatable bonds is 5. The Labute approximate surface area is 162 Å². The summed E-state index contributed by atoms with van der Waals surface area (Å²) >= 11 is 0. The predicted octanol–water partition coefficient (Wildman–Crippen LogP) is 1.17. The minimum Gasteiger partial charge on any atom is -0.491 e. The SMILES string of the molecule is Cn1c(=O)c2ncn(CC(O)COc3ccc(C(C)(C)C)cc3)c2n(C)c1=O. The lowest BCUT2D eigenvalue weighted by Crippen LogP contribution is -2.37. The van der Waals surface area contributed by atoms with E-state index in [4.69, 9.17) is 4.74 Å². The summed E-state index contributed by atoms with van der Waals surface area (Å²) < 4.78 is 9.63. The molecule has 2 aromatic heterocycles. The summed E-state index contributed by atoms with van der Waals surface area (Å²) in [5, 5.41) is 10.4. The van der Waals surface area contributed by atoms with Gasteiger partial charge in [-0.05, 0) is 23.1 Å². The molecule has 1 atom stereocenters. The Balaban J connectivity index is 1.73. The zero-order valence-corrected chi connectivity index (χ0v) is 16.8. The van der Waals surface area contributed by atoms with Crippen molar-refractivity contribution in [2.24, 2.45) is 14.1 Å². The van der Waals surface area contributed by atoms with Crippen molar-refractivity contribution in [2.75, 3.05) is 6.61 Å². The number of ether oxygens (including phenoxy) is 1. The molecule has 0 aliphatic rings. The van der Waals surface area contributed by atoms with Gasteiger partial charge in [-0.15, -0.1) is 0 Å². The van der Waals surface area contributed by atoms with Crippen LogP contribution in [0.5, 0.6) is 5.75 Å². The van der Waals surface area contributed by atoms with Crippen LogP contribution in [-0.4, -0.2) is 36.5 Å². The molecule has 8 nitrogen and oxygen atoms in total. The number of aliphatic hydroxyl groups excluding tert-OH is 1. The first-order valence-electron chi connectivity index (χ1n) is 9.12. The Bertz CT molecular complexity index is 1100. The van der Waals surface area contributed by atoms with Crippen LogP contribution in [0.15, 0.2) is 40.2 Å². The topological polar surface area (TPSA) is 91.3 Å². The quantitative estimate of drug-likeness (QED) is 0.711. The summed E-state index contributed by atoms with van der Waals surface area (Å²) in [5.74, 6) is 0.670. The number of imidazole rings is 1. The van der Waals surface area contributed by atoms with Crippen LogP contribution >= 0.6 is 0 Å². The highest BCUT2D eigenvalue weighted by molar-refractivity contribution is 5.69. The highest BCUT2D eigenvalue weighted by Gasteiger charge is 2.17. The minimum atomic E-state index is -0.834. The van der Waals surface area contributed by atoms with E-state index in [-0.39, 0.29) is 24.1 Å². The smallest absolute Gasteiger partial charge is 0.332 e. The van der Waals surface area contributed by atoms with E-state index in [1.165, 1.54) is 23.5 Å². The molecular weight excluding hydrogens is 360 g/mol. The number of hydrogen-bond donors (Lipinski definition) is 1. The maximum Gasteiger partial charge on any atom is 0.332 e. The fourth-order valence-corrected chi connectivity index (χ4v) is 3.10. The lowest BCUT2D eigenvalue weighted by molar-refractivity contribution is 0.0931. The zero-order valence-electron chi connectivity index (χ0n) is 16.8. The molecule has 8 heteroatoms.